The minimum atomic E-state index is -0.834. The number of hydrogen-bond donors (Lipinski definition) is 1. The molecule has 0 aromatic heterocycles. The van der Waals surface area contributed by atoms with Crippen LogP contribution in [0.2, 0.25) is 0 Å². The molecule has 21 heavy (non-hydrogen) atoms. The Bertz CT molecular complexity index is 557. The zero-order valence-corrected chi connectivity index (χ0v) is 13.1. The fraction of sp³-hybridized carbons (Fsp3) is 0.550. The van der Waals surface area contributed by atoms with E-state index in [-0.39, 0.29) is 5.92 Å². The molecule has 0 heterocycles. The highest BCUT2D eigenvalue weighted by Gasteiger charge is 2.36. The highest BCUT2D eigenvalue weighted by molar-refractivity contribution is 5.42. The van der Waals surface area contributed by atoms with Gasteiger partial charge in [-0.2, -0.15) is 0 Å². The predicted octanol–water partition coefficient (Wildman–Crippen LogP) is 4.86. The first kappa shape index (κ1) is 14.6. The number of fused-ring (bicyclic) bond motifs is 1. The number of aryl methyl sites for hydroxylation is 1. The van der Waals surface area contributed by atoms with Gasteiger partial charge in [0.15, 0.2) is 0 Å². The fourth-order valence-electron chi connectivity index (χ4n) is 4.24. The van der Waals surface area contributed by atoms with Gasteiger partial charge in [0.2, 0.25) is 0 Å². The molecule has 2 atom stereocenters. The van der Waals surface area contributed by atoms with Crippen molar-refractivity contribution in [1.29, 1.82) is 0 Å². The molecule has 0 amide bonds. The Morgan fingerprint density at radius 1 is 1.24 bits per heavy atom. The van der Waals surface area contributed by atoms with Crippen LogP contribution in [0, 0.1) is 0 Å². The summed E-state index contributed by atoms with van der Waals surface area (Å²) in [6.45, 7) is 5.48. The molecule has 0 spiro atoms. The highest BCUT2D eigenvalue weighted by atomic mass is 16.3. The van der Waals surface area contributed by atoms with Crippen LogP contribution in [0.1, 0.15) is 74.0 Å². The molecule has 1 aromatic carbocycles. The number of benzene rings is 1. The van der Waals surface area contributed by atoms with Gasteiger partial charge in [-0.1, -0.05) is 44.0 Å². The molecule has 1 saturated carbocycles. The Morgan fingerprint density at radius 3 is 2.71 bits per heavy atom. The van der Waals surface area contributed by atoms with Crippen LogP contribution in [-0.2, 0) is 6.42 Å². The molecule has 0 bridgehead atoms. The van der Waals surface area contributed by atoms with Crippen molar-refractivity contribution in [2.75, 3.05) is 0 Å². The lowest BCUT2D eigenvalue weighted by Gasteiger charge is -2.27. The van der Waals surface area contributed by atoms with Gasteiger partial charge in [0.25, 0.3) is 0 Å². The summed E-state index contributed by atoms with van der Waals surface area (Å²) in [5.41, 5.74) is 6.21. The second kappa shape index (κ2) is 5.83. The molecule has 1 aromatic rings. The molecule has 0 saturated heterocycles. The predicted molar refractivity (Wildman–Crippen MR) is 87.7 cm³/mol. The summed E-state index contributed by atoms with van der Waals surface area (Å²) in [6.07, 6.45) is 10.7. The average Bonchev–Trinajstić information content (AvgIpc) is 2.92. The molecule has 2 aliphatic carbocycles. The monoisotopic (exact) mass is 282 g/mol. The Labute approximate surface area is 128 Å². The van der Waals surface area contributed by atoms with E-state index in [4.69, 9.17) is 0 Å². The maximum absolute atomic E-state index is 10.6. The molecule has 112 valence electrons. The van der Waals surface area contributed by atoms with Gasteiger partial charge < -0.3 is 5.11 Å². The standard InChI is InChI=1S/C20H26O/c1-3-13-20(2,21)19-12-10-17-14-16(9-11-18(17)19)15-7-5-4-6-8-15/h9,11,13-15,19,21H,1,4-8,10,12H2,2H3. The zero-order valence-electron chi connectivity index (χ0n) is 13.1. The summed E-state index contributed by atoms with van der Waals surface area (Å²) in [5.74, 6) is 0.943. The molecule has 1 fully saturated rings. The molecule has 1 nitrogen and oxygen atoms in total. The Balaban J connectivity index is 1.86. The van der Waals surface area contributed by atoms with Crippen molar-refractivity contribution in [3.63, 3.8) is 0 Å². The molecule has 0 aliphatic heterocycles. The van der Waals surface area contributed by atoms with E-state index in [0.29, 0.717) is 0 Å². The van der Waals surface area contributed by atoms with Gasteiger partial charge in [-0.05, 0) is 61.3 Å². The van der Waals surface area contributed by atoms with Gasteiger partial charge in [-0.25, -0.2) is 0 Å². The molecule has 1 heteroatoms. The third kappa shape index (κ3) is 2.86. The van der Waals surface area contributed by atoms with E-state index in [0.717, 1.165) is 18.8 Å². The van der Waals surface area contributed by atoms with Crippen LogP contribution in [0.15, 0.2) is 36.6 Å². The quantitative estimate of drug-likeness (QED) is 0.785. The summed E-state index contributed by atoms with van der Waals surface area (Å²) in [4.78, 5) is 0. The van der Waals surface area contributed by atoms with Gasteiger partial charge in [-0.15, -0.1) is 5.73 Å². The molecule has 2 unspecified atom stereocenters. The summed E-state index contributed by atoms with van der Waals surface area (Å²) < 4.78 is 0. The van der Waals surface area contributed by atoms with Crippen molar-refractivity contribution in [2.24, 2.45) is 0 Å². The lowest BCUT2D eigenvalue weighted by atomic mass is 9.81. The van der Waals surface area contributed by atoms with Gasteiger partial charge in [-0.3, -0.25) is 0 Å². The first-order valence-corrected chi connectivity index (χ1v) is 8.34. The summed E-state index contributed by atoms with van der Waals surface area (Å²) in [7, 11) is 0. The third-order valence-electron chi connectivity index (χ3n) is 5.42. The van der Waals surface area contributed by atoms with Crippen molar-refractivity contribution in [2.45, 2.75) is 69.3 Å². The molecule has 3 rings (SSSR count). The summed E-state index contributed by atoms with van der Waals surface area (Å²) in [5, 5.41) is 10.6. The zero-order chi connectivity index (χ0) is 14.9. The summed E-state index contributed by atoms with van der Waals surface area (Å²) in [6, 6.07) is 6.99. The van der Waals surface area contributed by atoms with Gasteiger partial charge in [0, 0.05) is 5.92 Å². The number of hydrogen-bond acceptors (Lipinski definition) is 1. The molecular weight excluding hydrogens is 256 g/mol. The number of aliphatic hydroxyl groups is 1. The largest absolute Gasteiger partial charge is 0.385 e. The first-order chi connectivity index (χ1) is 10.1. The lowest BCUT2D eigenvalue weighted by Crippen LogP contribution is -2.28. The van der Waals surface area contributed by atoms with E-state index >= 15 is 0 Å². The fourth-order valence-corrected chi connectivity index (χ4v) is 4.24. The van der Waals surface area contributed by atoms with Gasteiger partial charge in [0.1, 0.15) is 0 Å². The number of rotatable bonds is 3. The van der Waals surface area contributed by atoms with Crippen LogP contribution < -0.4 is 0 Å². The molecular formula is C20H26O. The second-order valence-corrected chi connectivity index (χ2v) is 6.96. The van der Waals surface area contributed by atoms with E-state index in [9.17, 15) is 5.11 Å². The topological polar surface area (TPSA) is 20.2 Å². The van der Waals surface area contributed by atoms with Crippen LogP contribution in [0.3, 0.4) is 0 Å². The average molecular weight is 282 g/mol. The third-order valence-corrected chi connectivity index (χ3v) is 5.42. The van der Waals surface area contributed by atoms with E-state index in [1.54, 1.807) is 6.08 Å². The minimum Gasteiger partial charge on any atom is -0.385 e. The molecule has 2 aliphatic rings. The van der Waals surface area contributed by atoms with Crippen LogP contribution in [-0.4, -0.2) is 10.7 Å². The maximum Gasteiger partial charge on any atom is 0.0941 e. The first-order valence-electron chi connectivity index (χ1n) is 8.34. The normalized spacial score (nSPS) is 25.0. The van der Waals surface area contributed by atoms with Gasteiger partial charge in [0.05, 0.1) is 5.60 Å². The highest BCUT2D eigenvalue weighted by Crippen LogP contribution is 2.43. The Morgan fingerprint density at radius 2 is 2.00 bits per heavy atom. The van der Waals surface area contributed by atoms with Crippen molar-refractivity contribution in [1.82, 2.24) is 0 Å². The van der Waals surface area contributed by atoms with Crippen LogP contribution in [0.5, 0.6) is 0 Å². The second-order valence-electron chi connectivity index (χ2n) is 6.96. The van der Waals surface area contributed by atoms with Gasteiger partial charge >= 0.3 is 0 Å². The van der Waals surface area contributed by atoms with Crippen molar-refractivity contribution in [3.8, 4) is 0 Å². The Kier molecular flexibility index (Phi) is 4.06. The van der Waals surface area contributed by atoms with Crippen molar-refractivity contribution >= 4 is 0 Å². The van der Waals surface area contributed by atoms with E-state index in [1.807, 2.05) is 6.92 Å². The van der Waals surface area contributed by atoms with Crippen LogP contribution in [0.4, 0.5) is 0 Å². The van der Waals surface area contributed by atoms with E-state index in [1.165, 1.54) is 48.8 Å². The molecule has 1 N–H and O–H groups in total. The molecule has 0 radical (unpaired) electrons. The SMILES string of the molecule is C=C=CC(C)(O)C1CCc2cc(C3CCCCC3)ccc21. The van der Waals surface area contributed by atoms with Crippen LogP contribution in [0.25, 0.3) is 0 Å². The maximum atomic E-state index is 10.6. The smallest absolute Gasteiger partial charge is 0.0941 e. The summed E-state index contributed by atoms with van der Waals surface area (Å²) >= 11 is 0. The lowest BCUT2D eigenvalue weighted by molar-refractivity contribution is 0.0805. The van der Waals surface area contributed by atoms with Crippen molar-refractivity contribution in [3.05, 3.63) is 53.3 Å². The minimum absolute atomic E-state index is 0.183. The van der Waals surface area contributed by atoms with Crippen molar-refractivity contribution < 1.29 is 5.11 Å². The van der Waals surface area contributed by atoms with E-state index < -0.39 is 5.60 Å². The van der Waals surface area contributed by atoms with Crippen LogP contribution >= 0.6 is 0 Å². The van der Waals surface area contributed by atoms with E-state index in [2.05, 4.69) is 30.5 Å². The Hall–Kier alpha value is -1.30.